The van der Waals surface area contributed by atoms with Gasteiger partial charge in [-0.25, -0.2) is 13.6 Å². The van der Waals surface area contributed by atoms with Crippen molar-refractivity contribution in [3.05, 3.63) is 53.9 Å². The maximum atomic E-state index is 13.3. The molecule has 0 radical (unpaired) electrons. The third kappa shape index (κ3) is 4.54. The molecule has 0 spiro atoms. The first-order chi connectivity index (χ1) is 13.5. The number of carbonyl (C=O) groups excluding carboxylic acids is 2. The van der Waals surface area contributed by atoms with E-state index in [9.17, 15) is 18.4 Å². The van der Waals surface area contributed by atoms with Crippen molar-refractivity contribution in [3.8, 4) is 0 Å². The molecule has 28 heavy (non-hydrogen) atoms. The zero-order chi connectivity index (χ0) is 20.1. The van der Waals surface area contributed by atoms with E-state index in [4.69, 9.17) is 4.74 Å². The Bertz CT molecular complexity index is 870. The highest BCUT2D eigenvalue weighted by Gasteiger charge is 2.22. The number of amides is 2. The van der Waals surface area contributed by atoms with Gasteiger partial charge in [0, 0.05) is 49.8 Å². The first-order valence-electron chi connectivity index (χ1n) is 8.87. The number of hydrogen-bond donors (Lipinski definition) is 1. The molecule has 1 aromatic heterocycles. The fraction of sp³-hybridized carbons (Fsp3) is 0.316. The van der Waals surface area contributed by atoms with Crippen LogP contribution < -0.4 is 10.2 Å². The van der Waals surface area contributed by atoms with E-state index in [1.165, 1.54) is 12.3 Å². The second kappa shape index (κ2) is 8.64. The van der Waals surface area contributed by atoms with Crippen LogP contribution >= 0.6 is 0 Å². The van der Waals surface area contributed by atoms with Crippen LogP contribution in [0.1, 0.15) is 17.4 Å². The van der Waals surface area contributed by atoms with Crippen molar-refractivity contribution in [2.45, 2.75) is 6.92 Å². The van der Waals surface area contributed by atoms with Crippen LogP contribution in [0.5, 0.6) is 0 Å². The number of pyridine rings is 1. The standard InChI is InChI=1S/C19H20F2N4O3/c1-2-28-19(27)25-9-7-24(8-10-25)14-5-6-22-17(12-14)18(26)23-13-3-4-15(20)16(21)11-13/h3-6,11-12H,2,7-10H2,1H3,(H,23,26). The van der Waals surface area contributed by atoms with Crippen LogP contribution in [0.15, 0.2) is 36.5 Å². The van der Waals surface area contributed by atoms with Crippen molar-refractivity contribution in [1.82, 2.24) is 9.88 Å². The molecule has 148 valence electrons. The van der Waals surface area contributed by atoms with Gasteiger partial charge in [-0.1, -0.05) is 0 Å². The number of nitrogens with one attached hydrogen (secondary N) is 1. The number of carbonyl (C=O) groups is 2. The third-order valence-corrected chi connectivity index (χ3v) is 4.32. The number of piperazine rings is 1. The number of aromatic nitrogens is 1. The maximum Gasteiger partial charge on any atom is 0.409 e. The minimum absolute atomic E-state index is 0.138. The number of ether oxygens (including phenoxy) is 1. The van der Waals surface area contributed by atoms with Gasteiger partial charge in [0.05, 0.1) is 6.61 Å². The molecule has 1 saturated heterocycles. The first-order valence-corrected chi connectivity index (χ1v) is 8.87. The van der Waals surface area contributed by atoms with Crippen LogP contribution in [0.25, 0.3) is 0 Å². The van der Waals surface area contributed by atoms with Crippen LogP contribution in [0.4, 0.5) is 25.0 Å². The largest absolute Gasteiger partial charge is 0.450 e. The highest BCUT2D eigenvalue weighted by atomic mass is 19.2. The smallest absolute Gasteiger partial charge is 0.409 e. The molecule has 0 atom stereocenters. The van der Waals surface area contributed by atoms with Gasteiger partial charge in [0.2, 0.25) is 0 Å². The molecule has 1 fully saturated rings. The molecule has 0 aliphatic carbocycles. The molecule has 1 N–H and O–H groups in total. The van der Waals surface area contributed by atoms with Gasteiger partial charge in [-0.15, -0.1) is 0 Å². The highest BCUT2D eigenvalue weighted by molar-refractivity contribution is 6.03. The van der Waals surface area contributed by atoms with Gasteiger partial charge in [-0.2, -0.15) is 0 Å². The lowest BCUT2D eigenvalue weighted by molar-refractivity contribution is 0.102. The van der Waals surface area contributed by atoms with Gasteiger partial charge in [0.15, 0.2) is 11.6 Å². The fourth-order valence-electron chi connectivity index (χ4n) is 2.87. The Morgan fingerprint density at radius 3 is 2.54 bits per heavy atom. The Hall–Kier alpha value is -3.23. The van der Waals surface area contributed by atoms with Gasteiger partial charge in [0.25, 0.3) is 5.91 Å². The Kier molecular flexibility index (Phi) is 6.03. The van der Waals surface area contributed by atoms with Gasteiger partial charge in [-0.3, -0.25) is 9.78 Å². The van der Waals surface area contributed by atoms with Gasteiger partial charge >= 0.3 is 6.09 Å². The van der Waals surface area contributed by atoms with Crippen molar-refractivity contribution in [3.63, 3.8) is 0 Å². The summed E-state index contributed by atoms with van der Waals surface area (Å²) in [5.41, 5.74) is 1.07. The van der Waals surface area contributed by atoms with E-state index < -0.39 is 17.5 Å². The minimum Gasteiger partial charge on any atom is -0.450 e. The molecule has 7 nitrogen and oxygen atoms in total. The van der Waals surface area contributed by atoms with E-state index in [0.717, 1.165) is 17.8 Å². The number of nitrogens with zero attached hydrogens (tertiary/aromatic N) is 3. The molecule has 1 aromatic carbocycles. The van der Waals surface area contributed by atoms with E-state index >= 15 is 0 Å². The Morgan fingerprint density at radius 2 is 1.86 bits per heavy atom. The van der Waals surface area contributed by atoms with Gasteiger partial charge in [0.1, 0.15) is 5.69 Å². The maximum absolute atomic E-state index is 13.3. The number of rotatable bonds is 4. The highest BCUT2D eigenvalue weighted by Crippen LogP contribution is 2.19. The summed E-state index contributed by atoms with van der Waals surface area (Å²) in [6, 6.07) is 6.52. The Morgan fingerprint density at radius 1 is 1.11 bits per heavy atom. The molecule has 2 heterocycles. The van der Waals surface area contributed by atoms with E-state index in [1.54, 1.807) is 24.0 Å². The molecule has 0 bridgehead atoms. The molecule has 2 aromatic rings. The summed E-state index contributed by atoms with van der Waals surface area (Å²) in [6.45, 7) is 4.30. The summed E-state index contributed by atoms with van der Waals surface area (Å²) in [5.74, 6) is -2.56. The quantitative estimate of drug-likeness (QED) is 0.869. The van der Waals surface area contributed by atoms with Crippen molar-refractivity contribution in [2.75, 3.05) is 43.0 Å². The number of hydrogen-bond acceptors (Lipinski definition) is 5. The molecule has 2 amide bonds. The van der Waals surface area contributed by atoms with Gasteiger partial charge in [-0.05, 0) is 31.2 Å². The summed E-state index contributed by atoms with van der Waals surface area (Å²) >= 11 is 0. The summed E-state index contributed by atoms with van der Waals surface area (Å²) in [4.78, 5) is 31.9. The van der Waals surface area contributed by atoms with Crippen LogP contribution in [-0.2, 0) is 4.74 Å². The summed E-state index contributed by atoms with van der Waals surface area (Å²) in [6.07, 6.45) is 1.18. The Balaban J connectivity index is 1.64. The van der Waals surface area contributed by atoms with Crippen LogP contribution in [0.2, 0.25) is 0 Å². The monoisotopic (exact) mass is 390 g/mol. The second-order valence-electron chi connectivity index (χ2n) is 6.16. The number of anilines is 2. The first kappa shape index (κ1) is 19.5. The minimum atomic E-state index is -1.04. The fourth-order valence-corrected chi connectivity index (χ4v) is 2.87. The van der Waals surface area contributed by atoms with E-state index in [1.807, 2.05) is 4.90 Å². The van der Waals surface area contributed by atoms with E-state index in [0.29, 0.717) is 32.8 Å². The van der Waals surface area contributed by atoms with E-state index in [2.05, 4.69) is 10.3 Å². The van der Waals surface area contributed by atoms with Crippen LogP contribution in [-0.4, -0.2) is 54.7 Å². The molecule has 3 rings (SSSR count). The summed E-state index contributed by atoms with van der Waals surface area (Å²) < 4.78 is 31.3. The molecule has 0 unspecified atom stereocenters. The van der Waals surface area contributed by atoms with Gasteiger partial charge < -0.3 is 19.9 Å². The zero-order valence-corrected chi connectivity index (χ0v) is 15.3. The third-order valence-electron chi connectivity index (χ3n) is 4.32. The average molecular weight is 390 g/mol. The van der Waals surface area contributed by atoms with Crippen molar-refractivity contribution < 1.29 is 23.1 Å². The van der Waals surface area contributed by atoms with Crippen molar-refractivity contribution in [2.24, 2.45) is 0 Å². The summed E-state index contributed by atoms with van der Waals surface area (Å²) in [7, 11) is 0. The predicted octanol–water partition coefficient (Wildman–Crippen LogP) is 2.89. The normalized spacial score (nSPS) is 14.0. The summed E-state index contributed by atoms with van der Waals surface area (Å²) in [5, 5.41) is 2.50. The average Bonchev–Trinajstić information content (AvgIpc) is 2.71. The van der Waals surface area contributed by atoms with Crippen molar-refractivity contribution in [1.29, 1.82) is 0 Å². The lowest BCUT2D eigenvalue weighted by atomic mass is 10.2. The lowest BCUT2D eigenvalue weighted by Gasteiger charge is -2.35. The molecular formula is C19H20F2N4O3. The second-order valence-corrected chi connectivity index (χ2v) is 6.16. The van der Waals surface area contributed by atoms with Crippen LogP contribution in [0.3, 0.4) is 0 Å². The topological polar surface area (TPSA) is 74.8 Å². The molecule has 9 heteroatoms. The predicted molar refractivity (Wildman–Crippen MR) is 99.4 cm³/mol. The molecule has 1 aliphatic rings. The number of halogens is 2. The van der Waals surface area contributed by atoms with Crippen LogP contribution in [0, 0.1) is 11.6 Å². The SMILES string of the molecule is CCOC(=O)N1CCN(c2ccnc(C(=O)Nc3ccc(F)c(F)c3)c2)CC1. The lowest BCUT2D eigenvalue weighted by Crippen LogP contribution is -2.49. The van der Waals surface area contributed by atoms with E-state index in [-0.39, 0.29) is 17.5 Å². The molecule has 1 aliphatic heterocycles. The zero-order valence-electron chi connectivity index (χ0n) is 15.3. The van der Waals surface area contributed by atoms with Crippen molar-refractivity contribution >= 4 is 23.4 Å². The molecule has 0 saturated carbocycles. The number of benzene rings is 1. The molecular weight excluding hydrogens is 370 g/mol. The Labute approximate surface area is 160 Å².